The van der Waals surface area contributed by atoms with Crippen LogP contribution in [0.4, 0.5) is 4.79 Å². The molecule has 2 rings (SSSR count). The Morgan fingerprint density at radius 2 is 2.22 bits per heavy atom. The smallest absolute Gasteiger partial charge is 0.347 e. The number of rotatable bonds is 1. The van der Waals surface area contributed by atoms with Gasteiger partial charge in [-0.25, -0.2) is 4.79 Å². The minimum Gasteiger partial charge on any atom is -0.385 e. The van der Waals surface area contributed by atoms with Crippen molar-refractivity contribution in [1.82, 2.24) is 9.80 Å². The fraction of sp³-hybridized carbons (Fsp3) is 0.692. The van der Waals surface area contributed by atoms with E-state index in [0.717, 1.165) is 32.4 Å². The van der Waals surface area contributed by atoms with Crippen LogP contribution in [0.15, 0.2) is 4.99 Å². The molecular formula is C13H20N4O. The zero-order valence-electron chi connectivity index (χ0n) is 11.0. The third-order valence-corrected chi connectivity index (χ3v) is 4.03. The highest BCUT2D eigenvalue weighted by Crippen LogP contribution is 2.35. The summed E-state index contributed by atoms with van der Waals surface area (Å²) in [7, 11) is 2.08. The number of hydrogen-bond acceptors (Lipinski definition) is 3. The van der Waals surface area contributed by atoms with Crippen molar-refractivity contribution in [3.05, 3.63) is 0 Å². The highest BCUT2D eigenvalue weighted by Gasteiger charge is 2.50. The van der Waals surface area contributed by atoms with Crippen LogP contribution in [0.5, 0.6) is 0 Å². The molecule has 0 aromatic carbocycles. The summed E-state index contributed by atoms with van der Waals surface area (Å²) in [5.41, 5.74) is 5.57. The van der Waals surface area contributed by atoms with Crippen molar-refractivity contribution < 1.29 is 4.79 Å². The zero-order chi connectivity index (χ0) is 13.3. The van der Waals surface area contributed by atoms with Gasteiger partial charge in [-0.05, 0) is 39.8 Å². The number of likely N-dealkylation sites (tertiary alicyclic amines) is 1. The molecule has 0 saturated carbocycles. The van der Waals surface area contributed by atoms with Crippen LogP contribution in [-0.2, 0) is 0 Å². The minimum absolute atomic E-state index is 0.272. The third kappa shape index (κ3) is 1.87. The lowest BCUT2D eigenvalue weighted by Crippen LogP contribution is -2.57. The first kappa shape index (κ1) is 12.9. The second-order valence-electron chi connectivity index (χ2n) is 5.18. The van der Waals surface area contributed by atoms with E-state index in [1.807, 2.05) is 6.92 Å². The van der Waals surface area contributed by atoms with Gasteiger partial charge in [-0.2, -0.15) is 4.99 Å². The van der Waals surface area contributed by atoms with Gasteiger partial charge in [0.1, 0.15) is 11.4 Å². The molecule has 2 aliphatic rings. The monoisotopic (exact) mass is 248 g/mol. The van der Waals surface area contributed by atoms with Crippen molar-refractivity contribution in [2.45, 2.75) is 37.8 Å². The van der Waals surface area contributed by atoms with Gasteiger partial charge in [0.05, 0.1) is 6.04 Å². The van der Waals surface area contributed by atoms with Crippen LogP contribution < -0.4 is 5.73 Å². The Morgan fingerprint density at radius 1 is 1.50 bits per heavy atom. The number of carbonyl (C=O) groups is 1. The first-order chi connectivity index (χ1) is 8.51. The fourth-order valence-electron chi connectivity index (χ4n) is 2.93. The standard InChI is InChI=1S/C13H20N4O/c1-4-10(2)17-12(18)15-11(14)13(17)6-5-8-16(3)9-7-13/h1,10H,5-9H2,2-3H3,(H2,14,15,18). The van der Waals surface area contributed by atoms with Crippen LogP contribution in [0.2, 0.25) is 0 Å². The lowest BCUT2D eigenvalue weighted by molar-refractivity contribution is 0.147. The molecule has 2 amide bonds. The predicted octanol–water partition coefficient (Wildman–Crippen LogP) is 0.655. The number of carbonyl (C=O) groups excluding carboxylic acids is 1. The molecule has 1 spiro atoms. The summed E-state index contributed by atoms with van der Waals surface area (Å²) in [6.07, 6.45) is 8.10. The van der Waals surface area contributed by atoms with Gasteiger partial charge in [0.2, 0.25) is 0 Å². The number of amidine groups is 1. The quantitative estimate of drug-likeness (QED) is 0.693. The second kappa shape index (κ2) is 4.62. The SMILES string of the molecule is C#CC(C)N1C(=O)N=C(N)C12CCCN(C)CC2. The summed E-state index contributed by atoms with van der Waals surface area (Å²) < 4.78 is 0. The third-order valence-electron chi connectivity index (χ3n) is 4.03. The van der Waals surface area contributed by atoms with Gasteiger partial charge in [-0.15, -0.1) is 6.42 Å². The molecule has 0 radical (unpaired) electrons. The summed E-state index contributed by atoms with van der Waals surface area (Å²) in [5, 5.41) is 0. The van der Waals surface area contributed by atoms with Gasteiger partial charge in [-0.1, -0.05) is 5.92 Å². The normalized spacial score (nSPS) is 31.1. The van der Waals surface area contributed by atoms with Gasteiger partial charge in [0.15, 0.2) is 0 Å². The Balaban J connectivity index is 2.35. The molecular weight excluding hydrogens is 228 g/mol. The predicted molar refractivity (Wildman–Crippen MR) is 71.2 cm³/mol. The van der Waals surface area contributed by atoms with Gasteiger partial charge in [0.25, 0.3) is 0 Å². The van der Waals surface area contributed by atoms with Crippen molar-refractivity contribution in [2.24, 2.45) is 10.7 Å². The average Bonchev–Trinajstić information content (AvgIpc) is 2.49. The van der Waals surface area contributed by atoms with Crippen molar-refractivity contribution in [2.75, 3.05) is 20.1 Å². The molecule has 2 atom stereocenters. The number of nitrogens with zero attached hydrogens (tertiary/aromatic N) is 3. The Bertz CT molecular complexity index is 425. The van der Waals surface area contributed by atoms with Crippen LogP contribution in [-0.4, -0.2) is 53.4 Å². The molecule has 0 aliphatic carbocycles. The van der Waals surface area contributed by atoms with Crippen molar-refractivity contribution >= 4 is 11.9 Å². The number of amides is 2. The number of terminal acetylenes is 1. The van der Waals surface area contributed by atoms with E-state index in [1.165, 1.54) is 0 Å². The molecule has 2 unspecified atom stereocenters. The Kier molecular flexibility index (Phi) is 3.31. The maximum atomic E-state index is 12.0. The van der Waals surface area contributed by atoms with Crippen molar-refractivity contribution in [3.8, 4) is 12.3 Å². The number of nitrogens with two attached hydrogens (primary N) is 1. The molecule has 2 aliphatic heterocycles. The van der Waals surface area contributed by atoms with Crippen LogP contribution in [0, 0.1) is 12.3 Å². The molecule has 1 saturated heterocycles. The van der Waals surface area contributed by atoms with Crippen LogP contribution in [0.1, 0.15) is 26.2 Å². The molecule has 2 heterocycles. The van der Waals surface area contributed by atoms with E-state index in [9.17, 15) is 4.79 Å². The van der Waals surface area contributed by atoms with Crippen LogP contribution >= 0.6 is 0 Å². The fourth-order valence-corrected chi connectivity index (χ4v) is 2.93. The van der Waals surface area contributed by atoms with E-state index in [0.29, 0.717) is 5.84 Å². The van der Waals surface area contributed by atoms with Crippen molar-refractivity contribution in [3.63, 3.8) is 0 Å². The maximum Gasteiger partial charge on any atom is 0.347 e. The number of aliphatic imine (C=N–C) groups is 1. The summed E-state index contributed by atoms with van der Waals surface area (Å²) >= 11 is 0. The summed E-state index contributed by atoms with van der Waals surface area (Å²) in [5.74, 6) is 3.06. The molecule has 98 valence electrons. The molecule has 0 bridgehead atoms. The molecule has 1 fully saturated rings. The molecule has 5 heteroatoms. The molecule has 18 heavy (non-hydrogen) atoms. The summed E-state index contributed by atoms with van der Waals surface area (Å²) in [6.45, 7) is 3.77. The molecule has 5 nitrogen and oxygen atoms in total. The first-order valence-electron chi connectivity index (χ1n) is 6.34. The lowest BCUT2D eigenvalue weighted by atomic mass is 9.87. The largest absolute Gasteiger partial charge is 0.385 e. The van der Waals surface area contributed by atoms with Gasteiger partial charge in [-0.3, -0.25) is 4.90 Å². The lowest BCUT2D eigenvalue weighted by Gasteiger charge is -2.39. The van der Waals surface area contributed by atoms with Gasteiger partial charge >= 0.3 is 6.03 Å². The van der Waals surface area contributed by atoms with Crippen molar-refractivity contribution in [1.29, 1.82) is 0 Å². The summed E-state index contributed by atoms with van der Waals surface area (Å²) in [6, 6.07) is -0.562. The Hall–Kier alpha value is -1.54. The van der Waals surface area contributed by atoms with E-state index in [1.54, 1.807) is 4.90 Å². The van der Waals surface area contributed by atoms with E-state index in [4.69, 9.17) is 12.2 Å². The zero-order valence-corrected chi connectivity index (χ0v) is 11.0. The second-order valence-corrected chi connectivity index (χ2v) is 5.18. The van der Waals surface area contributed by atoms with E-state index >= 15 is 0 Å². The van der Waals surface area contributed by atoms with Gasteiger partial charge < -0.3 is 10.6 Å². The maximum absolute atomic E-state index is 12.0. The first-order valence-corrected chi connectivity index (χ1v) is 6.34. The topological polar surface area (TPSA) is 61.9 Å². The molecule has 0 aromatic rings. The Morgan fingerprint density at radius 3 is 2.89 bits per heavy atom. The van der Waals surface area contributed by atoms with Gasteiger partial charge in [0, 0.05) is 6.54 Å². The molecule has 0 aromatic heterocycles. The van der Waals surface area contributed by atoms with E-state index in [-0.39, 0.29) is 12.1 Å². The highest BCUT2D eigenvalue weighted by atomic mass is 16.2. The van der Waals surface area contributed by atoms with E-state index < -0.39 is 5.54 Å². The average molecular weight is 248 g/mol. The van der Waals surface area contributed by atoms with E-state index in [2.05, 4.69) is 22.9 Å². The minimum atomic E-state index is -0.465. The summed E-state index contributed by atoms with van der Waals surface area (Å²) in [4.78, 5) is 19.9. The highest BCUT2D eigenvalue weighted by molar-refractivity contribution is 6.06. The number of hydrogen-bond donors (Lipinski definition) is 1. The van der Waals surface area contributed by atoms with Crippen LogP contribution in [0.25, 0.3) is 0 Å². The Labute approximate surface area is 108 Å². The van der Waals surface area contributed by atoms with Crippen LogP contribution in [0.3, 0.4) is 0 Å². The number of urea groups is 1. The molecule has 2 N–H and O–H groups in total.